The van der Waals surface area contributed by atoms with E-state index in [0.29, 0.717) is 0 Å². The van der Waals surface area contributed by atoms with Crippen LogP contribution in [0.5, 0.6) is 0 Å². The van der Waals surface area contributed by atoms with E-state index in [4.69, 9.17) is 0 Å². The van der Waals surface area contributed by atoms with Crippen LogP contribution in [-0.2, 0) is 0 Å². The summed E-state index contributed by atoms with van der Waals surface area (Å²) in [6, 6.07) is 7.92. The zero-order valence-corrected chi connectivity index (χ0v) is 9.61. The summed E-state index contributed by atoms with van der Waals surface area (Å²) < 4.78 is 0. The number of nitrogens with zero attached hydrogens (tertiary/aromatic N) is 2. The number of aromatic nitrogens is 2. The van der Waals surface area contributed by atoms with Crippen molar-refractivity contribution in [3.63, 3.8) is 0 Å². The van der Waals surface area contributed by atoms with Crippen LogP contribution in [0.2, 0.25) is 0 Å². The van der Waals surface area contributed by atoms with Crippen LogP contribution >= 0.6 is 0 Å². The molecule has 0 amide bonds. The molecule has 1 aromatic heterocycles. The Bertz CT molecular complexity index is 454. The van der Waals surface area contributed by atoms with Gasteiger partial charge in [-0.05, 0) is 18.6 Å². The minimum absolute atomic E-state index is 0.870. The van der Waals surface area contributed by atoms with Crippen LogP contribution in [0.1, 0.15) is 26.2 Å². The number of anilines is 1. The molecule has 0 saturated carbocycles. The largest absolute Gasteiger partial charge is 0.369 e. The second-order valence-electron chi connectivity index (χ2n) is 3.88. The highest BCUT2D eigenvalue weighted by Crippen LogP contribution is 2.11. The summed E-state index contributed by atoms with van der Waals surface area (Å²) in [5.41, 5.74) is 1.89. The molecule has 3 heteroatoms. The summed E-state index contributed by atoms with van der Waals surface area (Å²) in [5.74, 6) is 0.870. The van der Waals surface area contributed by atoms with Crippen molar-refractivity contribution in [2.75, 3.05) is 11.9 Å². The number of benzene rings is 1. The number of para-hydroxylation sites is 2. The first kappa shape index (κ1) is 10.9. The molecule has 3 nitrogen and oxygen atoms in total. The Hall–Kier alpha value is -1.64. The highest BCUT2D eigenvalue weighted by Gasteiger charge is 1.97. The van der Waals surface area contributed by atoms with Crippen molar-refractivity contribution < 1.29 is 0 Å². The lowest BCUT2D eigenvalue weighted by Crippen LogP contribution is -2.03. The van der Waals surface area contributed by atoms with Crippen molar-refractivity contribution in [3.05, 3.63) is 30.5 Å². The molecule has 1 N–H and O–H groups in total. The van der Waals surface area contributed by atoms with Gasteiger partial charge in [0.15, 0.2) is 0 Å². The zero-order valence-electron chi connectivity index (χ0n) is 9.61. The van der Waals surface area contributed by atoms with E-state index in [0.717, 1.165) is 23.4 Å². The monoisotopic (exact) mass is 215 g/mol. The van der Waals surface area contributed by atoms with E-state index in [1.165, 1.54) is 19.3 Å². The summed E-state index contributed by atoms with van der Waals surface area (Å²) in [4.78, 5) is 8.85. The quantitative estimate of drug-likeness (QED) is 0.778. The van der Waals surface area contributed by atoms with Crippen LogP contribution in [0.3, 0.4) is 0 Å². The van der Waals surface area contributed by atoms with E-state index in [1.54, 1.807) is 6.20 Å². The molecule has 0 spiro atoms. The average molecular weight is 215 g/mol. The van der Waals surface area contributed by atoms with Crippen LogP contribution in [-0.4, -0.2) is 16.5 Å². The third-order valence-corrected chi connectivity index (χ3v) is 2.54. The molecule has 2 aromatic rings. The van der Waals surface area contributed by atoms with Crippen molar-refractivity contribution in [1.82, 2.24) is 9.97 Å². The Balaban J connectivity index is 2.02. The molecule has 84 valence electrons. The number of nitrogens with one attached hydrogen (secondary N) is 1. The smallest absolute Gasteiger partial charge is 0.145 e. The molecule has 0 atom stereocenters. The lowest BCUT2D eigenvalue weighted by Gasteiger charge is -2.05. The van der Waals surface area contributed by atoms with Gasteiger partial charge in [-0.3, -0.25) is 4.98 Å². The van der Waals surface area contributed by atoms with Crippen molar-refractivity contribution in [3.8, 4) is 0 Å². The predicted octanol–water partition coefficient (Wildman–Crippen LogP) is 3.23. The third-order valence-electron chi connectivity index (χ3n) is 2.54. The molecule has 0 saturated heterocycles. The van der Waals surface area contributed by atoms with Crippen LogP contribution in [0.25, 0.3) is 11.0 Å². The van der Waals surface area contributed by atoms with Gasteiger partial charge in [0.25, 0.3) is 0 Å². The molecule has 0 radical (unpaired) electrons. The maximum absolute atomic E-state index is 4.50. The topological polar surface area (TPSA) is 37.8 Å². The predicted molar refractivity (Wildman–Crippen MR) is 67.6 cm³/mol. The molecular formula is C13H17N3. The summed E-state index contributed by atoms with van der Waals surface area (Å²) in [5, 5.41) is 3.30. The minimum atomic E-state index is 0.870. The van der Waals surface area contributed by atoms with E-state index in [9.17, 15) is 0 Å². The van der Waals surface area contributed by atoms with Gasteiger partial charge in [0.2, 0.25) is 0 Å². The molecule has 1 aromatic carbocycles. The normalized spacial score (nSPS) is 10.6. The van der Waals surface area contributed by atoms with Crippen LogP contribution in [0.4, 0.5) is 5.82 Å². The Labute approximate surface area is 95.9 Å². The fraction of sp³-hybridized carbons (Fsp3) is 0.385. The maximum atomic E-state index is 4.50. The molecule has 0 bridgehead atoms. The molecule has 0 aliphatic rings. The Morgan fingerprint density at radius 2 is 1.94 bits per heavy atom. The maximum Gasteiger partial charge on any atom is 0.145 e. The van der Waals surface area contributed by atoms with Crippen LogP contribution in [0.15, 0.2) is 30.5 Å². The van der Waals surface area contributed by atoms with Crippen molar-refractivity contribution in [2.45, 2.75) is 26.2 Å². The SMILES string of the molecule is CCCCCNc1cnc2ccccc2n1. The number of unbranched alkanes of at least 4 members (excludes halogenated alkanes) is 2. The summed E-state index contributed by atoms with van der Waals surface area (Å²) in [6.07, 6.45) is 5.48. The van der Waals surface area contributed by atoms with Gasteiger partial charge in [0.1, 0.15) is 5.82 Å². The van der Waals surface area contributed by atoms with Gasteiger partial charge in [-0.1, -0.05) is 31.9 Å². The Kier molecular flexibility index (Phi) is 3.70. The molecule has 2 rings (SSSR count). The summed E-state index contributed by atoms with van der Waals surface area (Å²) in [7, 11) is 0. The Morgan fingerprint density at radius 1 is 1.12 bits per heavy atom. The molecular weight excluding hydrogens is 198 g/mol. The average Bonchev–Trinajstić information content (AvgIpc) is 2.34. The van der Waals surface area contributed by atoms with E-state index in [-0.39, 0.29) is 0 Å². The standard InChI is InChI=1S/C13H17N3/c1-2-3-6-9-14-13-10-15-11-7-4-5-8-12(11)16-13/h4-5,7-8,10H,2-3,6,9H2,1H3,(H,14,16). The van der Waals surface area contributed by atoms with E-state index in [1.807, 2.05) is 24.3 Å². The summed E-state index contributed by atoms with van der Waals surface area (Å²) >= 11 is 0. The number of rotatable bonds is 5. The molecule has 0 aliphatic carbocycles. The van der Waals surface area contributed by atoms with Gasteiger partial charge in [0, 0.05) is 6.54 Å². The van der Waals surface area contributed by atoms with Gasteiger partial charge >= 0.3 is 0 Å². The first-order chi connectivity index (χ1) is 7.90. The highest BCUT2D eigenvalue weighted by molar-refractivity contribution is 5.75. The van der Waals surface area contributed by atoms with E-state index < -0.39 is 0 Å². The van der Waals surface area contributed by atoms with Gasteiger partial charge in [-0.25, -0.2) is 4.98 Å². The number of hydrogen-bond acceptors (Lipinski definition) is 3. The molecule has 16 heavy (non-hydrogen) atoms. The third kappa shape index (κ3) is 2.69. The van der Waals surface area contributed by atoms with Crippen molar-refractivity contribution >= 4 is 16.9 Å². The first-order valence-electron chi connectivity index (χ1n) is 5.86. The van der Waals surface area contributed by atoms with Crippen molar-refractivity contribution in [2.24, 2.45) is 0 Å². The van der Waals surface area contributed by atoms with Crippen LogP contribution < -0.4 is 5.32 Å². The lowest BCUT2D eigenvalue weighted by molar-refractivity contribution is 0.742. The molecule has 0 unspecified atom stereocenters. The van der Waals surface area contributed by atoms with Gasteiger partial charge in [0.05, 0.1) is 17.2 Å². The van der Waals surface area contributed by atoms with Gasteiger partial charge in [-0.2, -0.15) is 0 Å². The Morgan fingerprint density at radius 3 is 2.75 bits per heavy atom. The second-order valence-corrected chi connectivity index (χ2v) is 3.88. The minimum Gasteiger partial charge on any atom is -0.369 e. The molecule has 0 fully saturated rings. The number of fused-ring (bicyclic) bond motifs is 1. The zero-order chi connectivity index (χ0) is 11.2. The lowest BCUT2D eigenvalue weighted by atomic mass is 10.2. The van der Waals surface area contributed by atoms with Crippen LogP contribution in [0, 0.1) is 0 Å². The fourth-order valence-electron chi connectivity index (χ4n) is 1.63. The van der Waals surface area contributed by atoms with E-state index >= 15 is 0 Å². The van der Waals surface area contributed by atoms with Gasteiger partial charge < -0.3 is 5.32 Å². The van der Waals surface area contributed by atoms with Crippen molar-refractivity contribution in [1.29, 1.82) is 0 Å². The van der Waals surface area contributed by atoms with E-state index in [2.05, 4.69) is 22.2 Å². The molecule has 1 heterocycles. The second kappa shape index (κ2) is 5.45. The molecule has 0 aliphatic heterocycles. The summed E-state index contributed by atoms with van der Waals surface area (Å²) in [6.45, 7) is 3.18. The highest BCUT2D eigenvalue weighted by atomic mass is 15.0. The fourth-order valence-corrected chi connectivity index (χ4v) is 1.63. The number of hydrogen-bond donors (Lipinski definition) is 1. The van der Waals surface area contributed by atoms with Gasteiger partial charge in [-0.15, -0.1) is 0 Å². The first-order valence-corrected chi connectivity index (χ1v) is 5.86.